The van der Waals surface area contributed by atoms with Crippen LogP contribution in [-0.4, -0.2) is 17.9 Å². The number of nitro groups is 1. The van der Waals surface area contributed by atoms with Gasteiger partial charge in [0, 0.05) is 18.4 Å². The maximum atomic E-state index is 13.4. The van der Waals surface area contributed by atoms with Crippen molar-refractivity contribution in [1.29, 1.82) is 0 Å². The van der Waals surface area contributed by atoms with Crippen molar-refractivity contribution in [3.63, 3.8) is 0 Å². The fourth-order valence-electron chi connectivity index (χ4n) is 3.73. The summed E-state index contributed by atoms with van der Waals surface area (Å²) in [5, 5.41) is 18.3. The number of benzene rings is 4. The van der Waals surface area contributed by atoms with Crippen LogP contribution in [0.1, 0.15) is 10.4 Å². The average Bonchev–Trinajstić information content (AvgIpc) is 2.84. The van der Waals surface area contributed by atoms with Gasteiger partial charge in [0.2, 0.25) is 0 Å². The summed E-state index contributed by atoms with van der Waals surface area (Å²) in [6, 6.07) is 28.8. The second-order valence-electron chi connectivity index (χ2n) is 7.13. The minimum Gasteiger partial charge on any atom is -0.387 e. The Morgan fingerprint density at radius 1 is 0.812 bits per heavy atom. The lowest BCUT2D eigenvalue weighted by molar-refractivity contribution is -0.383. The topological polar surface area (TPSA) is 84.3 Å². The molecule has 0 bridgehead atoms. The number of rotatable bonds is 6. The molecule has 158 valence electrons. The molecule has 32 heavy (non-hydrogen) atoms. The van der Waals surface area contributed by atoms with Gasteiger partial charge in [0.1, 0.15) is 0 Å². The first-order valence-corrected chi connectivity index (χ1v) is 10.1. The van der Waals surface area contributed by atoms with Crippen molar-refractivity contribution >= 4 is 23.0 Å². The normalized spacial score (nSPS) is 10.4. The number of nitrogens with zero attached hydrogens (tertiary/aromatic N) is 1. The monoisotopic (exact) mass is 423 g/mol. The first-order valence-electron chi connectivity index (χ1n) is 10.1. The van der Waals surface area contributed by atoms with Gasteiger partial charge >= 0.3 is 0 Å². The van der Waals surface area contributed by atoms with Gasteiger partial charge in [-0.25, -0.2) is 0 Å². The molecule has 4 aromatic rings. The third kappa shape index (κ3) is 4.06. The van der Waals surface area contributed by atoms with E-state index in [1.165, 1.54) is 0 Å². The molecule has 0 aromatic heterocycles. The molecule has 0 radical (unpaired) electrons. The second kappa shape index (κ2) is 9.14. The SMILES string of the molecule is CNc1cc(-c2ccccc2)c([N+](=O)[O-])c(-c2ccccc2)c1C(=O)Nc1ccccc1. The van der Waals surface area contributed by atoms with Crippen molar-refractivity contribution in [2.45, 2.75) is 0 Å². The summed E-state index contributed by atoms with van der Waals surface area (Å²) in [6.07, 6.45) is 0. The number of carbonyl (C=O) groups is 1. The first kappa shape index (κ1) is 20.8. The van der Waals surface area contributed by atoms with E-state index in [-0.39, 0.29) is 16.8 Å². The molecule has 2 N–H and O–H groups in total. The molecule has 0 atom stereocenters. The Morgan fingerprint density at radius 2 is 1.34 bits per heavy atom. The minimum atomic E-state index is -0.429. The van der Waals surface area contributed by atoms with Crippen molar-refractivity contribution in [3.8, 4) is 22.3 Å². The Hall–Kier alpha value is -4.45. The highest BCUT2D eigenvalue weighted by molar-refractivity contribution is 6.15. The third-order valence-electron chi connectivity index (χ3n) is 5.16. The van der Waals surface area contributed by atoms with E-state index in [0.29, 0.717) is 28.1 Å². The van der Waals surface area contributed by atoms with Gasteiger partial charge in [-0.15, -0.1) is 0 Å². The van der Waals surface area contributed by atoms with Crippen LogP contribution in [0.4, 0.5) is 17.1 Å². The van der Waals surface area contributed by atoms with Crippen LogP contribution in [0.5, 0.6) is 0 Å². The average molecular weight is 423 g/mol. The summed E-state index contributed by atoms with van der Waals surface area (Å²) >= 11 is 0. The van der Waals surface area contributed by atoms with Crippen molar-refractivity contribution in [3.05, 3.63) is 113 Å². The molecule has 0 aliphatic rings. The predicted molar refractivity (Wildman–Crippen MR) is 128 cm³/mol. The van der Waals surface area contributed by atoms with E-state index in [1.54, 1.807) is 49.5 Å². The molecular formula is C26H21N3O3. The molecule has 6 heteroatoms. The Labute approximate surface area is 185 Å². The van der Waals surface area contributed by atoms with Crippen LogP contribution in [0.25, 0.3) is 22.3 Å². The van der Waals surface area contributed by atoms with E-state index in [0.717, 1.165) is 0 Å². The molecule has 6 nitrogen and oxygen atoms in total. The fourth-order valence-corrected chi connectivity index (χ4v) is 3.73. The lowest BCUT2D eigenvalue weighted by Crippen LogP contribution is -2.17. The van der Waals surface area contributed by atoms with Crippen molar-refractivity contribution in [1.82, 2.24) is 0 Å². The standard InChI is InChI=1S/C26H21N3O3/c1-27-22-17-21(18-11-5-2-6-12-18)25(29(31)32)23(19-13-7-3-8-14-19)24(22)26(30)28-20-15-9-4-10-16-20/h2-17,27H,1H3,(H,28,30). The van der Waals surface area contributed by atoms with E-state index in [4.69, 9.17) is 0 Å². The largest absolute Gasteiger partial charge is 0.387 e. The summed E-state index contributed by atoms with van der Waals surface area (Å²) < 4.78 is 0. The van der Waals surface area contributed by atoms with Gasteiger partial charge in [0.25, 0.3) is 11.6 Å². The molecule has 0 fully saturated rings. The molecule has 4 aromatic carbocycles. The predicted octanol–water partition coefficient (Wildman–Crippen LogP) is 6.22. The summed E-state index contributed by atoms with van der Waals surface area (Å²) in [5.41, 5.74) is 3.21. The Kier molecular flexibility index (Phi) is 5.94. The van der Waals surface area contributed by atoms with Gasteiger partial charge in [-0.3, -0.25) is 14.9 Å². The van der Waals surface area contributed by atoms with Gasteiger partial charge in [-0.2, -0.15) is 0 Å². The maximum absolute atomic E-state index is 13.4. The maximum Gasteiger partial charge on any atom is 0.285 e. The van der Waals surface area contributed by atoms with Crippen molar-refractivity contribution in [2.75, 3.05) is 17.7 Å². The summed E-state index contributed by atoms with van der Waals surface area (Å²) in [5.74, 6) is -0.429. The Morgan fingerprint density at radius 3 is 1.88 bits per heavy atom. The fraction of sp³-hybridized carbons (Fsp3) is 0.0385. The molecule has 0 spiro atoms. The molecule has 0 aliphatic heterocycles. The van der Waals surface area contributed by atoms with Gasteiger partial charge in [-0.05, 0) is 29.3 Å². The number of amides is 1. The van der Waals surface area contributed by atoms with Crippen LogP contribution in [0.15, 0.2) is 97.1 Å². The zero-order valence-corrected chi connectivity index (χ0v) is 17.4. The number of carbonyl (C=O) groups excluding carboxylic acids is 1. The van der Waals surface area contributed by atoms with Gasteiger partial charge < -0.3 is 10.6 Å². The summed E-state index contributed by atoms with van der Waals surface area (Å²) in [7, 11) is 1.70. The van der Waals surface area contributed by atoms with Gasteiger partial charge in [-0.1, -0.05) is 78.9 Å². The highest BCUT2D eigenvalue weighted by atomic mass is 16.6. The number of nitro benzene ring substituents is 1. The third-order valence-corrected chi connectivity index (χ3v) is 5.16. The highest BCUT2D eigenvalue weighted by Gasteiger charge is 2.31. The molecular weight excluding hydrogens is 402 g/mol. The van der Waals surface area contributed by atoms with Crippen LogP contribution in [0.2, 0.25) is 0 Å². The van der Waals surface area contributed by atoms with E-state index in [1.807, 2.05) is 54.6 Å². The van der Waals surface area contributed by atoms with Crippen LogP contribution in [-0.2, 0) is 0 Å². The highest BCUT2D eigenvalue weighted by Crippen LogP contribution is 2.44. The minimum absolute atomic E-state index is 0.111. The summed E-state index contributed by atoms with van der Waals surface area (Å²) in [4.78, 5) is 25.4. The van der Waals surface area contributed by atoms with Crippen LogP contribution >= 0.6 is 0 Å². The van der Waals surface area contributed by atoms with E-state index in [9.17, 15) is 14.9 Å². The number of anilines is 2. The lowest BCUT2D eigenvalue weighted by atomic mass is 9.90. The molecule has 1 amide bonds. The van der Waals surface area contributed by atoms with Gasteiger partial charge in [0.15, 0.2) is 0 Å². The number of hydrogen-bond donors (Lipinski definition) is 2. The smallest absolute Gasteiger partial charge is 0.285 e. The summed E-state index contributed by atoms with van der Waals surface area (Å²) in [6.45, 7) is 0. The number of nitrogens with one attached hydrogen (secondary N) is 2. The molecule has 0 heterocycles. The number of hydrogen-bond acceptors (Lipinski definition) is 4. The molecule has 0 saturated carbocycles. The van der Waals surface area contributed by atoms with Crippen molar-refractivity contribution in [2.24, 2.45) is 0 Å². The van der Waals surface area contributed by atoms with Crippen molar-refractivity contribution < 1.29 is 9.72 Å². The number of para-hydroxylation sites is 1. The van der Waals surface area contributed by atoms with Crippen LogP contribution in [0.3, 0.4) is 0 Å². The molecule has 0 unspecified atom stereocenters. The Balaban J connectivity index is 2.03. The van der Waals surface area contributed by atoms with Crippen LogP contribution < -0.4 is 10.6 Å². The van der Waals surface area contributed by atoms with E-state index >= 15 is 0 Å². The van der Waals surface area contributed by atoms with Gasteiger partial charge in [0.05, 0.1) is 21.6 Å². The molecule has 0 saturated heterocycles. The lowest BCUT2D eigenvalue weighted by Gasteiger charge is -2.18. The van der Waals surface area contributed by atoms with E-state index in [2.05, 4.69) is 10.6 Å². The molecule has 4 rings (SSSR count). The Bertz CT molecular complexity index is 1260. The second-order valence-corrected chi connectivity index (χ2v) is 7.13. The zero-order chi connectivity index (χ0) is 22.5. The van der Waals surface area contributed by atoms with Crippen LogP contribution in [0, 0.1) is 10.1 Å². The zero-order valence-electron chi connectivity index (χ0n) is 17.4. The quantitative estimate of drug-likeness (QED) is 0.285. The molecule has 0 aliphatic carbocycles. The van der Waals surface area contributed by atoms with E-state index < -0.39 is 10.8 Å². The first-order chi connectivity index (χ1) is 15.6.